The summed E-state index contributed by atoms with van der Waals surface area (Å²) in [4.78, 5) is 2.70. The molecule has 1 unspecified atom stereocenters. The number of unbranched alkanes of at least 4 members (excludes halogenated alkanes) is 13. The largest absolute Gasteiger partial charge is 0.303 e. The fourth-order valence-electron chi connectivity index (χ4n) is 4.02. The third-order valence-corrected chi connectivity index (χ3v) is 5.57. The second kappa shape index (κ2) is 21.1. The molecule has 0 saturated carbocycles. The molecular formula is C23H46N2S. The Morgan fingerprint density at radius 3 is 1.69 bits per heavy atom. The number of piperidine rings is 1. The van der Waals surface area contributed by atoms with Crippen LogP contribution in [0.25, 0.3) is 0 Å². The summed E-state index contributed by atoms with van der Waals surface area (Å²) < 4.78 is 0. The van der Waals surface area contributed by atoms with Gasteiger partial charge in [-0.1, -0.05) is 110 Å². The maximum atomic E-state index is 7.18. The van der Waals surface area contributed by atoms with Crippen molar-refractivity contribution in [3.8, 4) is 5.40 Å². The number of likely N-dealkylation sites (tertiary alicyclic amines) is 1. The topological polar surface area (TPSA) is 27.0 Å². The lowest BCUT2D eigenvalue weighted by Gasteiger charge is -2.30. The highest BCUT2D eigenvalue weighted by Crippen LogP contribution is 2.17. The van der Waals surface area contributed by atoms with E-state index in [1.807, 2.05) is 0 Å². The summed E-state index contributed by atoms with van der Waals surface area (Å²) in [5, 5.41) is 8.63. The number of rotatable bonds is 15. The Bertz CT molecular complexity index is 314. The van der Waals surface area contributed by atoms with Gasteiger partial charge >= 0.3 is 0 Å². The summed E-state index contributed by atoms with van der Waals surface area (Å²) in [7, 11) is 0. The quantitative estimate of drug-likeness (QED) is 0.179. The van der Waals surface area contributed by atoms with Crippen LogP contribution in [-0.2, 0) is 0 Å². The molecule has 0 aromatic carbocycles. The first-order chi connectivity index (χ1) is 12.7. The van der Waals surface area contributed by atoms with Crippen LogP contribution >= 0.6 is 12.6 Å². The zero-order valence-electron chi connectivity index (χ0n) is 17.9. The van der Waals surface area contributed by atoms with Crippen molar-refractivity contribution in [3.05, 3.63) is 0 Å². The molecular weight excluding hydrogens is 336 g/mol. The molecule has 1 heterocycles. The van der Waals surface area contributed by atoms with Crippen LogP contribution in [0, 0.1) is 16.6 Å². The second-order valence-corrected chi connectivity index (χ2v) is 8.44. The van der Waals surface area contributed by atoms with E-state index in [-0.39, 0.29) is 0 Å². The van der Waals surface area contributed by atoms with Crippen LogP contribution in [-0.4, -0.2) is 24.5 Å². The van der Waals surface area contributed by atoms with E-state index in [0.717, 1.165) is 5.92 Å². The Balaban J connectivity index is 0.00000194. The molecule has 0 spiro atoms. The molecule has 0 amide bonds. The van der Waals surface area contributed by atoms with E-state index < -0.39 is 0 Å². The SMILES string of the molecule is CCCCCCCCCCCCCCCCN1CCCC(C)C1.N#CS. The Labute approximate surface area is 170 Å². The predicted octanol–water partition coefficient (Wildman–Crippen LogP) is 7.60. The van der Waals surface area contributed by atoms with Gasteiger partial charge in [-0.3, -0.25) is 0 Å². The Hall–Kier alpha value is -0.200. The first kappa shape index (κ1) is 25.8. The van der Waals surface area contributed by atoms with E-state index in [4.69, 9.17) is 5.26 Å². The summed E-state index contributed by atoms with van der Waals surface area (Å²) in [6, 6.07) is 0. The van der Waals surface area contributed by atoms with Crippen LogP contribution in [0.1, 0.15) is 117 Å². The standard InChI is InChI=1S/C22H45N.CHNS/c1-3-4-5-6-7-8-9-10-11-12-13-14-15-16-19-23-20-17-18-22(2)21-23;2-1-3/h22H,3-21H2,1-2H3;3H. The van der Waals surface area contributed by atoms with Crippen LogP contribution in [0.2, 0.25) is 0 Å². The second-order valence-electron chi connectivity index (χ2n) is 8.24. The normalized spacial score (nSPS) is 17.4. The Morgan fingerprint density at radius 1 is 0.846 bits per heavy atom. The summed E-state index contributed by atoms with van der Waals surface area (Å²) in [5.74, 6) is 0.940. The smallest absolute Gasteiger partial charge is 0.130 e. The lowest BCUT2D eigenvalue weighted by molar-refractivity contribution is 0.180. The van der Waals surface area contributed by atoms with Crippen LogP contribution in [0.3, 0.4) is 0 Å². The van der Waals surface area contributed by atoms with E-state index in [9.17, 15) is 0 Å². The van der Waals surface area contributed by atoms with Gasteiger partial charge in [-0.25, -0.2) is 0 Å². The minimum atomic E-state index is 0.940. The van der Waals surface area contributed by atoms with Crippen LogP contribution in [0.5, 0.6) is 0 Å². The molecule has 1 aliphatic rings. The lowest BCUT2D eigenvalue weighted by Crippen LogP contribution is -2.34. The third kappa shape index (κ3) is 18.6. The summed E-state index contributed by atoms with van der Waals surface area (Å²) in [5.41, 5.74) is 0. The van der Waals surface area contributed by atoms with Gasteiger partial charge in [-0.2, -0.15) is 5.26 Å². The van der Waals surface area contributed by atoms with Crippen molar-refractivity contribution in [2.24, 2.45) is 5.92 Å². The molecule has 2 nitrogen and oxygen atoms in total. The monoisotopic (exact) mass is 382 g/mol. The van der Waals surface area contributed by atoms with Gasteiger partial charge < -0.3 is 4.90 Å². The molecule has 3 heteroatoms. The number of hydrogen-bond acceptors (Lipinski definition) is 3. The van der Waals surface area contributed by atoms with Crippen LogP contribution < -0.4 is 0 Å². The first-order valence-corrected chi connectivity index (χ1v) is 11.9. The van der Waals surface area contributed by atoms with Gasteiger partial charge in [0.15, 0.2) is 0 Å². The number of thiocyanates is 1. The maximum Gasteiger partial charge on any atom is 0.130 e. The van der Waals surface area contributed by atoms with E-state index in [1.54, 1.807) is 0 Å². The molecule has 1 fully saturated rings. The molecule has 154 valence electrons. The Kier molecular flexibility index (Phi) is 20.9. The highest BCUT2D eigenvalue weighted by Gasteiger charge is 2.14. The fraction of sp³-hybridized carbons (Fsp3) is 0.957. The van der Waals surface area contributed by atoms with Crippen molar-refractivity contribution in [1.82, 2.24) is 4.90 Å². The van der Waals surface area contributed by atoms with Crippen LogP contribution in [0.15, 0.2) is 0 Å². The number of nitrogens with zero attached hydrogens (tertiary/aromatic N) is 2. The summed E-state index contributed by atoms with van der Waals surface area (Å²) >= 11 is 3.09. The van der Waals surface area contributed by atoms with Crippen molar-refractivity contribution in [1.29, 1.82) is 5.26 Å². The minimum Gasteiger partial charge on any atom is -0.303 e. The van der Waals surface area contributed by atoms with Gasteiger partial charge in [0.2, 0.25) is 0 Å². The molecule has 0 radical (unpaired) electrons. The predicted molar refractivity (Wildman–Crippen MR) is 120 cm³/mol. The molecule has 1 atom stereocenters. The van der Waals surface area contributed by atoms with Gasteiger partial charge in [-0.05, 0) is 38.3 Å². The molecule has 0 N–H and O–H groups in total. The van der Waals surface area contributed by atoms with Crippen molar-refractivity contribution < 1.29 is 0 Å². The van der Waals surface area contributed by atoms with Crippen molar-refractivity contribution in [2.75, 3.05) is 19.6 Å². The molecule has 0 aromatic rings. The van der Waals surface area contributed by atoms with E-state index >= 15 is 0 Å². The van der Waals surface area contributed by atoms with E-state index in [0.29, 0.717) is 0 Å². The highest BCUT2D eigenvalue weighted by molar-refractivity contribution is 7.85. The molecule has 1 saturated heterocycles. The van der Waals surface area contributed by atoms with Crippen molar-refractivity contribution >= 4 is 12.6 Å². The average molecular weight is 383 g/mol. The molecule has 0 aliphatic carbocycles. The zero-order chi connectivity index (χ0) is 19.3. The molecule has 0 aromatic heterocycles. The van der Waals surface area contributed by atoms with E-state index in [2.05, 4.69) is 31.4 Å². The van der Waals surface area contributed by atoms with Gasteiger partial charge in [0, 0.05) is 6.54 Å². The average Bonchev–Trinajstić information content (AvgIpc) is 2.63. The van der Waals surface area contributed by atoms with Gasteiger partial charge in [-0.15, -0.1) is 0 Å². The highest BCUT2D eigenvalue weighted by atomic mass is 32.1. The first-order valence-electron chi connectivity index (χ1n) is 11.5. The fourth-order valence-corrected chi connectivity index (χ4v) is 4.02. The van der Waals surface area contributed by atoms with Gasteiger partial charge in [0.1, 0.15) is 5.40 Å². The van der Waals surface area contributed by atoms with Gasteiger partial charge in [0.25, 0.3) is 0 Å². The summed E-state index contributed by atoms with van der Waals surface area (Å²) in [6.45, 7) is 8.80. The number of hydrogen-bond donors (Lipinski definition) is 1. The van der Waals surface area contributed by atoms with E-state index in [1.165, 1.54) is 128 Å². The van der Waals surface area contributed by atoms with Gasteiger partial charge in [0.05, 0.1) is 0 Å². The van der Waals surface area contributed by atoms with Crippen molar-refractivity contribution in [2.45, 2.75) is 117 Å². The lowest BCUT2D eigenvalue weighted by atomic mass is 10.00. The molecule has 1 rings (SSSR count). The molecule has 0 bridgehead atoms. The molecule has 1 aliphatic heterocycles. The number of nitriles is 1. The third-order valence-electron chi connectivity index (χ3n) is 5.57. The molecule has 26 heavy (non-hydrogen) atoms. The number of thiol groups is 1. The zero-order valence-corrected chi connectivity index (χ0v) is 18.7. The van der Waals surface area contributed by atoms with Crippen LogP contribution in [0.4, 0.5) is 0 Å². The minimum absolute atomic E-state index is 0.940. The van der Waals surface area contributed by atoms with Crippen molar-refractivity contribution in [3.63, 3.8) is 0 Å². The Morgan fingerprint density at radius 2 is 1.27 bits per heavy atom. The maximum absolute atomic E-state index is 7.18. The summed E-state index contributed by atoms with van der Waals surface area (Å²) in [6.07, 6.45) is 23.4.